The van der Waals surface area contributed by atoms with Crippen molar-refractivity contribution in [2.24, 2.45) is 11.8 Å². The van der Waals surface area contributed by atoms with Crippen molar-refractivity contribution in [1.29, 1.82) is 0 Å². The maximum absolute atomic E-state index is 12.8. The van der Waals surface area contributed by atoms with Gasteiger partial charge in [0.05, 0.1) is 11.2 Å². The van der Waals surface area contributed by atoms with Crippen LogP contribution in [-0.2, 0) is 4.79 Å². The smallest absolute Gasteiger partial charge is 0.224 e. The van der Waals surface area contributed by atoms with E-state index in [0.717, 1.165) is 77.2 Å². The van der Waals surface area contributed by atoms with E-state index in [4.69, 9.17) is 10.1 Å². The number of aromatic nitrogens is 2. The average Bonchev–Trinajstić information content (AvgIpc) is 3.18. The van der Waals surface area contributed by atoms with Crippen LogP contribution >= 0.6 is 0 Å². The molecule has 3 aromatic rings. The summed E-state index contributed by atoms with van der Waals surface area (Å²) in [6, 6.07) is 10.9. The molecule has 4 rings (SSSR count). The summed E-state index contributed by atoms with van der Waals surface area (Å²) in [7, 11) is 1.00. The summed E-state index contributed by atoms with van der Waals surface area (Å²) in [5.74, 6) is 2.51. The molecule has 5 nitrogen and oxygen atoms in total. The van der Waals surface area contributed by atoms with Crippen molar-refractivity contribution in [2.45, 2.75) is 180 Å². The molecule has 0 aliphatic heterocycles. The van der Waals surface area contributed by atoms with Gasteiger partial charge in [0.25, 0.3) is 0 Å². The fraction of sp³-hybridized carbons (Fsp3) is 0.667. The van der Waals surface area contributed by atoms with Gasteiger partial charge in [0.15, 0.2) is 0 Å². The van der Waals surface area contributed by atoms with Crippen molar-refractivity contribution in [3.63, 3.8) is 0 Å². The molecule has 286 valence electrons. The van der Waals surface area contributed by atoms with Gasteiger partial charge in [-0.1, -0.05) is 147 Å². The zero-order valence-electron chi connectivity index (χ0n) is 35.3. The Morgan fingerprint density at radius 3 is 1.82 bits per heavy atom. The Labute approximate surface area is 310 Å². The van der Waals surface area contributed by atoms with Crippen LogP contribution in [0.25, 0.3) is 22.0 Å². The molecule has 2 aromatic heterocycles. The van der Waals surface area contributed by atoms with Crippen LogP contribution in [0.4, 0.5) is 5.69 Å². The number of pyridine rings is 2. The zero-order valence-corrected chi connectivity index (χ0v) is 35.3. The number of carbonyl (C=O) groups is 1. The first-order chi connectivity index (χ1) is 24.2. The first-order valence-corrected chi connectivity index (χ1v) is 20.4. The number of fused-ring (bicyclic) bond motifs is 1. The Hall–Kier alpha value is -2.79. The molecule has 2 unspecified atom stereocenters. The number of aliphatic hydroxyl groups is 1. The summed E-state index contributed by atoms with van der Waals surface area (Å²) < 4.78 is 0. The number of aliphatic hydroxyl groups excluding tert-OH is 1. The predicted molar refractivity (Wildman–Crippen MR) is 223 cm³/mol. The third kappa shape index (κ3) is 15.6. The maximum Gasteiger partial charge on any atom is 0.224 e. The van der Waals surface area contributed by atoms with Crippen LogP contribution in [0, 0.1) is 18.8 Å². The highest BCUT2D eigenvalue weighted by Gasteiger charge is 2.27. The van der Waals surface area contributed by atoms with E-state index >= 15 is 0 Å². The molecule has 1 fully saturated rings. The van der Waals surface area contributed by atoms with Crippen LogP contribution in [0.2, 0.25) is 0 Å². The number of hydrogen-bond donors (Lipinski definition) is 1. The molecule has 1 N–H and O–H groups in total. The summed E-state index contributed by atoms with van der Waals surface area (Å²) in [4.78, 5) is 24.2. The molecule has 2 atom stereocenters. The van der Waals surface area contributed by atoms with Crippen molar-refractivity contribution >= 4 is 22.5 Å². The number of rotatable bonds is 11. The second-order valence-corrected chi connectivity index (χ2v) is 12.7. The number of anilines is 1. The van der Waals surface area contributed by atoms with Crippen LogP contribution in [-0.4, -0.2) is 34.1 Å². The second-order valence-electron chi connectivity index (χ2n) is 12.7. The van der Waals surface area contributed by atoms with Crippen LogP contribution in [0.3, 0.4) is 0 Å². The van der Waals surface area contributed by atoms with E-state index in [1.54, 1.807) is 6.92 Å². The molecule has 50 heavy (non-hydrogen) atoms. The first kappa shape index (κ1) is 49.3. The van der Waals surface area contributed by atoms with E-state index in [1.807, 2.05) is 58.8 Å². The Kier molecular flexibility index (Phi) is 29.5. The van der Waals surface area contributed by atoms with Crippen molar-refractivity contribution < 1.29 is 9.90 Å². The number of hydrogen-bond acceptors (Lipinski definition) is 4. The third-order valence-corrected chi connectivity index (χ3v) is 9.55. The maximum atomic E-state index is 12.8. The molecule has 0 bridgehead atoms. The molecule has 1 aliphatic carbocycles. The molecule has 1 aromatic carbocycles. The Bertz CT molecular complexity index is 1250. The largest absolute Gasteiger partial charge is 0.400 e. The molecule has 0 radical (unpaired) electrons. The number of benzene rings is 1. The van der Waals surface area contributed by atoms with E-state index in [2.05, 4.69) is 83.8 Å². The quantitative estimate of drug-likeness (QED) is 0.217. The normalized spacial score (nSPS) is 13.3. The van der Waals surface area contributed by atoms with Crippen molar-refractivity contribution in [1.82, 2.24) is 9.97 Å². The molecular formula is C45H79N3O2. The highest BCUT2D eigenvalue weighted by molar-refractivity contribution is 6.04. The molecule has 1 saturated carbocycles. The van der Waals surface area contributed by atoms with E-state index in [9.17, 15) is 4.79 Å². The summed E-state index contributed by atoms with van der Waals surface area (Å²) in [6.45, 7) is 29.5. The average molecular weight is 694 g/mol. The SMILES string of the molecule is CC.CC.CC.CCC(C)c1ccc(-c2ccc3ncc(C)c(N(C(C)=O)C4CCCCC4)c3c2)cn1.CCCC(CCC)C(C)CC.CO. The lowest BCUT2D eigenvalue weighted by Gasteiger charge is -2.35. The van der Waals surface area contributed by atoms with E-state index in [0.29, 0.717) is 5.92 Å². The lowest BCUT2D eigenvalue weighted by molar-refractivity contribution is -0.117. The van der Waals surface area contributed by atoms with Crippen molar-refractivity contribution in [3.8, 4) is 11.1 Å². The van der Waals surface area contributed by atoms with Crippen LogP contribution in [0.1, 0.15) is 178 Å². The number of aryl methyl sites for hydroxylation is 1. The van der Waals surface area contributed by atoms with Crippen molar-refractivity contribution in [2.75, 3.05) is 12.0 Å². The molecule has 1 amide bonds. The van der Waals surface area contributed by atoms with Crippen molar-refractivity contribution in [3.05, 3.63) is 54.0 Å². The van der Waals surface area contributed by atoms with Gasteiger partial charge in [-0.2, -0.15) is 0 Å². The van der Waals surface area contributed by atoms with Gasteiger partial charge in [0, 0.05) is 49.1 Å². The highest BCUT2D eigenvalue weighted by atomic mass is 16.2. The summed E-state index contributed by atoms with van der Waals surface area (Å²) >= 11 is 0. The monoisotopic (exact) mass is 694 g/mol. The van der Waals surface area contributed by atoms with Gasteiger partial charge < -0.3 is 10.0 Å². The minimum absolute atomic E-state index is 0.118. The van der Waals surface area contributed by atoms with E-state index < -0.39 is 0 Å². The summed E-state index contributed by atoms with van der Waals surface area (Å²) in [5.41, 5.74) is 6.33. The summed E-state index contributed by atoms with van der Waals surface area (Å²) in [6.07, 6.45) is 17.7. The summed E-state index contributed by atoms with van der Waals surface area (Å²) in [5, 5.41) is 8.05. The van der Waals surface area contributed by atoms with E-state index in [-0.39, 0.29) is 11.9 Å². The zero-order chi connectivity index (χ0) is 38.6. The molecular weight excluding hydrogens is 615 g/mol. The fourth-order valence-corrected chi connectivity index (χ4v) is 6.58. The Morgan fingerprint density at radius 2 is 1.36 bits per heavy atom. The lowest BCUT2D eigenvalue weighted by atomic mass is 9.85. The van der Waals surface area contributed by atoms with Crippen LogP contribution in [0.5, 0.6) is 0 Å². The van der Waals surface area contributed by atoms with Gasteiger partial charge in [-0.3, -0.25) is 14.8 Å². The minimum Gasteiger partial charge on any atom is -0.400 e. The molecule has 0 saturated heterocycles. The van der Waals surface area contributed by atoms with Gasteiger partial charge >= 0.3 is 0 Å². The standard InChI is InChI=1S/C27H33N3O.C11H24.3C2H6.CH4O/c1-5-18(2)25-13-12-22(17-29-25)21-11-14-26-24(15-21)27(19(3)16-28-26)30(20(4)31)23-9-7-6-8-10-23;1-5-8-11(9-6-2)10(4)7-3;4*1-2/h11-18,23H,5-10H2,1-4H3;10-11H,5-9H2,1-4H3;3*1-2H3;2H,1H3. The number of amides is 1. The van der Waals surface area contributed by atoms with Gasteiger partial charge in [-0.05, 0) is 73.3 Å². The fourth-order valence-electron chi connectivity index (χ4n) is 6.58. The minimum atomic E-state index is 0.118. The van der Waals surface area contributed by atoms with Gasteiger partial charge in [0.2, 0.25) is 5.91 Å². The molecule has 2 heterocycles. The van der Waals surface area contributed by atoms with Crippen LogP contribution < -0.4 is 4.90 Å². The molecule has 0 spiro atoms. The Morgan fingerprint density at radius 1 is 0.800 bits per heavy atom. The lowest BCUT2D eigenvalue weighted by Crippen LogP contribution is -2.40. The molecule has 5 heteroatoms. The van der Waals surface area contributed by atoms with Gasteiger partial charge in [0.1, 0.15) is 0 Å². The second kappa shape index (κ2) is 29.9. The van der Waals surface area contributed by atoms with E-state index in [1.165, 1.54) is 51.4 Å². The number of carbonyl (C=O) groups excluding carboxylic acids is 1. The topological polar surface area (TPSA) is 66.3 Å². The number of nitrogens with zero attached hydrogens (tertiary/aromatic N) is 3. The van der Waals surface area contributed by atoms with Gasteiger partial charge in [-0.25, -0.2) is 0 Å². The third-order valence-electron chi connectivity index (χ3n) is 9.55. The molecule has 1 aliphatic rings. The van der Waals surface area contributed by atoms with Gasteiger partial charge in [-0.15, -0.1) is 0 Å². The predicted octanol–water partition coefficient (Wildman–Crippen LogP) is 13.7. The highest BCUT2D eigenvalue weighted by Crippen LogP contribution is 2.37. The van der Waals surface area contributed by atoms with Crippen LogP contribution in [0.15, 0.2) is 42.7 Å². The first-order valence-electron chi connectivity index (χ1n) is 20.4. The Balaban J connectivity index is 0.